The van der Waals surface area contributed by atoms with Crippen LogP contribution in [0.25, 0.3) is 0 Å². The standard InChI is InChI=1S/C12H15BrO2S/c1-12(2,11(14)15-3)8-5-6-10(16-4)9(13)7-8/h5-7H,1-4H3. The maximum atomic E-state index is 11.7. The Labute approximate surface area is 109 Å². The summed E-state index contributed by atoms with van der Waals surface area (Å²) in [5, 5.41) is 0. The Morgan fingerprint density at radius 3 is 2.50 bits per heavy atom. The molecule has 1 aromatic rings. The number of carbonyl (C=O) groups is 1. The monoisotopic (exact) mass is 302 g/mol. The van der Waals surface area contributed by atoms with Crippen LogP contribution in [0.4, 0.5) is 0 Å². The summed E-state index contributed by atoms with van der Waals surface area (Å²) >= 11 is 5.16. The molecular formula is C12H15BrO2S. The van der Waals surface area contributed by atoms with Gasteiger partial charge in [-0.05, 0) is 53.7 Å². The molecule has 0 aliphatic heterocycles. The molecule has 1 rings (SSSR count). The first-order valence-electron chi connectivity index (χ1n) is 4.86. The van der Waals surface area contributed by atoms with Crippen molar-refractivity contribution in [1.29, 1.82) is 0 Å². The van der Waals surface area contributed by atoms with Gasteiger partial charge in [0.1, 0.15) is 0 Å². The molecular weight excluding hydrogens is 288 g/mol. The summed E-state index contributed by atoms with van der Waals surface area (Å²) in [6.45, 7) is 3.72. The predicted molar refractivity (Wildman–Crippen MR) is 71.0 cm³/mol. The van der Waals surface area contributed by atoms with Gasteiger partial charge in [0, 0.05) is 9.37 Å². The minimum atomic E-state index is -0.617. The van der Waals surface area contributed by atoms with E-state index in [4.69, 9.17) is 4.74 Å². The molecule has 0 heterocycles. The average Bonchev–Trinajstić information content (AvgIpc) is 2.27. The molecule has 4 heteroatoms. The van der Waals surface area contributed by atoms with E-state index in [1.807, 2.05) is 38.3 Å². The van der Waals surface area contributed by atoms with Crippen LogP contribution in [0, 0.1) is 0 Å². The third-order valence-corrected chi connectivity index (χ3v) is 4.28. The highest BCUT2D eigenvalue weighted by Crippen LogP contribution is 2.32. The molecule has 0 saturated carbocycles. The van der Waals surface area contributed by atoms with Gasteiger partial charge in [-0.15, -0.1) is 11.8 Å². The van der Waals surface area contributed by atoms with Gasteiger partial charge in [-0.1, -0.05) is 6.07 Å². The molecule has 0 bridgehead atoms. The Morgan fingerprint density at radius 2 is 2.06 bits per heavy atom. The Bertz CT molecular complexity index is 402. The van der Waals surface area contributed by atoms with Crippen LogP contribution in [0.15, 0.2) is 27.6 Å². The van der Waals surface area contributed by atoms with E-state index in [0.29, 0.717) is 0 Å². The fourth-order valence-corrected chi connectivity index (χ4v) is 2.75. The molecule has 0 fully saturated rings. The van der Waals surface area contributed by atoms with E-state index in [2.05, 4.69) is 15.9 Å². The smallest absolute Gasteiger partial charge is 0.315 e. The molecule has 88 valence electrons. The van der Waals surface area contributed by atoms with Gasteiger partial charge in [0.25, 0.3) is 0 Å². The summed E-state index contributed by atoms with van der Waals surface area (Å²) in [4.78, 5) is 12.8. The third kappa shape index (κ3) is 2.61. The van der Waals surface area contributed by atoms with Crippen molar-refractivity contribution in [3.05, 3.63) is 28.2 Å². The van der Waals surface area contributed by atoms with Crippen LogP contribution < -0.4 is 0 Å². The van der Waals surface area contributed by atoms with Gasteiger partial charge in [0.15, 0.2) is 0 Å². The summed E-state index contributed by atoms with van der Waals surface area (Å²) in [5.74, 6) is -0.226. The number of benzene rings is 1. The Balaban J connectivity index is 3.14. The molecule has 0 aromatic heterocycles. The lowest BCUT2D eigenvalue weighted by molar-refractivity contribution is -0.146. The molecule has 0 unspecified atom stereocenters. The molecule has 0 amide bonds. The van der Waals surface area contributed by atoms with Crippen molar-refractivity contribution in [2.24, 2.45) is 0 Å². The van der Waals surface area contributed by atoms with E-state index in [0.717, 1.165) is 14.9 Å². The van der Waals surface area contributed by atoms with Crippen LogP contribution in [0.3, 0.4) is 0 Å². The van der Waals surface area contributed by atoms with Gasteiger partial charge in [-0.3, -0.25) is 4.79 Å². The van der Waals surface area contributed by atoms with E-state index in [1.165, 1.54) is 7.11 Å². The Morgan fingerprint density at radius 1 is 1.44 bits per heavy atom. The normalized spacial score (nSPS) is 11.3. The summed E-state index contributed by atoms with van der Waals surface area (Å²) in [6, 6.07) is 5.95. The van der Waals surface area contributed by atoms with E-state index in [9.17, 15) is 4.79 Å². The second-order valence-corrected chi connectivity index (χ2v) is 5.67. The van der Waals surface area contributed by atoms with E-state index < -0.39 is 5.41 Å². The van der Waals surface area contributed by atoms with Crippen molar-refractivity contribution in [3.63, 3.8) is 0 Å². The molecule has 0 saturated heterocycles. The molecule has 1 aromatic carbocycles. The predicted octanol–water partition coefficient (Wildman–Crippen LogP) is 3.62. The largest absolute Gasteiger partial charge is 0.468 e. The number of carbonyl (C=O) groups excluding carboxylic acids is 1. The van der Waals surface area contributed by atoms with E-state index in [-0.39, 0.29) is 5.97 Å². The molecule has 0 aliphatic carbocycles. The first-order valence-corrected chi connectivity index (χ1v) is 6.87. The highest BCUT2D eigenvalue weighted by Gasteiger charge is 2.31. The van der Waals surface area contributed by atoms with Crippen LogP contribution >= 0.6 is 27.7 Å². The maximum absolute atomic E-state index is 11.7. The Kier molecular flexibility index (Phi) is 4.44. The SMILES string of the molecule is COC(=O)C(C)(C)c1ccc(SC)c(Br)c1. The minimum absolute atomic E-state index is 0.226. The number of rotatable bonds is 3. The minimum Gasteiger partial charge on any atom is -0.468 e. The second kappa shape index (κ2) is 5.23. The third-order valence-electron chi connectivity index (χ3n) is 2.57. The number of esters is 1. The summed E-state index contributed by atoms with van der Waals surface area (Å²) in [5.41, 5.74) is 0.331. The number of hydrogen-bond acceptors (Lipinski definition) is 3. The van der Waals surface area contributed by atoms with Gasteiger partial charge in [-0.2, -0.15) is 0 Å². The lowest BCUT2D eigenvalue weighted by Crippen LogP contribution is -2.30. The lowest BCUT2D eigenvalue weighted by atomic mass is 9.85. The fourth-order valence-electron chi connectivity index (χ4n) is 1.43. The van der Waals surface area contributed by atoms with Crippen molar-refractivity contribution in [1.82, 2.24) is 0 Å². The molecule has 0 aliphatic rings. The highest BCUT2D eigenvalue weighted by molar-refractivity contribution is 9.10. The molecule has 2 nitrogen and oxygen atoms in total. The van der Waals surface area contributed by atoms with Crippen molar-refractivity contribution in [2.75, 3.05) is 13.4 Å². The van der Waals surface area contributed by atoms with Crippen molar-refractivity contribution >= 4 is 33.7 Å². The quantitative estimate of drug-likeness (QED) is 0.630. The van der Waals surface area contributed by atoms with Gasteiger partial charge >= 0.3 is 5.97 Å². The van der Waals surface area contributed by atoms with Crippen LogP contribution in [0.5, 0.6) is 0 Å². The summed E-state index contributed by atoms with van der Waals surface area (Å²) in [7, 11) is 1.41. The zero-order chi connectivity index (χ0) is 12.3. The maximum Gasteiger partial charge on any atom is 0.315 e. The van der Waals surface area contributed by atoms with E-state index >= 15 is 0 Å². The molecule has 16 heavy (non-hydrogen) atoms. The van der Waals surface area contributed by atoms with Crippen molar-refractivity contribution < 1.29 is 9.53 Å². The summed E-state index contributed by atoms with van der Waals surface area (Å²) in [6.07, 6.45) is 2.02. The molecule has 0 radical (unpaired) electrons. The van der Waals surface area contributed by atoms with Crippen LogP contribution in [-0.2, 0) is 14.9 Å². The van der Waals surface area contributed by atoms with Gasteiger partial charge in [0.05, 0.1) is 12.5 Å². The fraction of sp³-hybridized carbons (Fsp3) is 0.417. The average molecular weight is 303 g/mol. The summed E-state index contributed by atoms with van der Waals surface area (Å²) < 4.78 is 5.82. The van der Waals surface area contributed by atoms with Crippen molar-refractivity contribution in [2.45, 2.75) is 24.2 Å². The number of ether oxygens (including phenoxy) is 1. The lowest BCUT2D eigenvalue weighted by Gasteiger charge is -2.22. The van der Waals surface area contributed by atoms with Crippen LogP contribution in [0.2, 0.25) is 0 Å². The van der Waals surface area contributed by atoms with Crippen molar-refractivity contribution in [3.8, 4) is 0 Å². The zero-order valence-electron chi connectivity index (χ0n) is 9.83. The number of halogens is 1. The van der Waals surface area contributed by atoms with Gasteiger partial charge in [-0.25, -0.2) is 0 Å². The number of thioether (sulfide) groups is 1. The van der Waals surface area contributed by atoms with Gasteiger partial charge < -0.3 is 4.74 Å². The topological polar surface area (TPSA) is 26.3 Å². The van der Waals surface area contributed by atoms with Crippen LogP contribution in [-0.4, -0.2) is 19.3 Å². The number of hydrogen-bond donors (Lipinski definition) is 0. The molecule has 0 atom stereocenters. The molecule has 0 spiro atoms. The Hall–Kier alpha value is -0.480. The second-order valence-electron chi connectivity index (χ2n) is 3.97. The van der Waals surface area contributed by atoms with Crippen LogP contribution in [0.1, 0.15) is 19.4 Å². The van der Waals surface area contributed by atoms with E-state index in [1.54, 1.807) is 11.8 Å². The first-order chi connectivity index (χ1) is 7.43. The zero-order valence-corrected chi connectivity index (χ0v) is 12.2. The number of methoxy groups -OCH3 is 1. The molecule has 0 N–H and O–H groups in total. The first kappa shape index (κ1) is 13.6. The van der Waals surface area contributed by atoms with Gasteiger partial charge in [0.2, 0.25) is 0 Å². The highest BCUT2D eigenvalue weighted by atomic mass is 79.9.